The Balaban J connectivity index is 1.85. The fourth-order valence-corrected chi connectivity index (χ4v) is 2.05. The predicted molar refractivity (Wildman–Crippen MR) is 72.9 cm³/mol. The molecule has 1 amide bonds. The molecule has 0 aromatic heterocycles. The lowest BCUT2D eigenvalue weighted by molar-refractivity contribution is 0.0523. The van der Waals surface area contributed by atoms with E-state index in [0.717, 1.165) is 12.0 Å². The van der Waals surface area contributed by atoms with Gasteiger partial charge in [-0.2, -0.15) is 0 Å². The first-order chi connectivity index (χ1) is 8.89. The van der Waals surface area contributed by atoms with Crippen LogP contribution in [0.1, 0.15) is 44.2 Å². The number of nitrogens with one attached hydrogen (secondary N) is 1. The minimum atomic E-state index is -0.461. The third-order valence-electron chi connectivity index (χ3n) is 3.08. The molecule has 1 saturated carbocycles. The lowest BCUT2D eigenvalue weighted by Crippen LogP contribution is -2.34. The van der Waals surface area contributed by atoms with Gasteiger partial charge in [-0.3, -0.25) is 0 Å². The highest BCUT2D eigenvalue weighted by Gasteiger charge is 2.40. The standard InChI is InChI=1S/C15H21NO3/c1-15(2,3)19-14(18)16-13-8-12(13)11-6-4-10(9-17)5-7-11/h4-7,12-13,17H,8-9H2,1-3H3,(H,16,18)/t12?,13-/m0/s1. The van der Waals surface area contributed by atoms with E-state index < -0.39 is 5.60 Å². The van der Waals surface area contributed by atoms with Gasteiger partial charge in [0.2, 0.25) is 0 Å². The fraction of sp³-hybridized carbons (Fsp3) is 0.533. The zero-order chi connectivity index (χ0) is 14.0. The minimum Gasteiger partial charge on any atom is -0.444 e. The highest BCUT2D eigenvalue weighted by molar-refractivity contribution is 5.69. The average Bonchev–Trinajstić information content (AvgIpc) is 3.06. The summed E-state index contributed by atoms with van der Waals surface area (Å²) in [5, 5.41) is 11.9. The summed E-state index contributed by atoms with van der Waals surface area (Å²) in [5.41, 5.74) is 1.64. The van der Waals surface area contributed by atoms with Crippen LogP contribution in [0.3, 0.4) is 0 Å². The van der Waals surface area contributed by atoms with Crippen LogP contribution >= 0.6 is 0 Å². The van der Waals surface area contributed by atoms with E-state index in [9.17, 15) is 4.79 Å². The van der Waals surface area contributed by atoms with E-state index in [1.165, 1.54) is 5.56 Å². The van der Waals surface area contributed by atoms with Gasteiger partial charge in [0, 0.05) is 12.0 Å². The van der Waals surface area contributed by atoms with Gasteiger partial charge in [0.25, 0.3) is 0 Å². The van der Waals surface area contributed by atoms with Crippen molar-refractivity contribution in [1.82, 2.24) is 5.32 Å². The molecule has 1 unspecified atom stereocenters. The van der Waals surface area contributed by atoms with Crippen LogP contribution in [0.15, 0.2) is 24.3 Å². The molecule has 0 saturated heterocycles. The van der Waals surface area contributed by atoms with Gasteiger partial charge in [-0.1, -0.05) is 24.3 Å². The molecule has 0 spiro atoms. The first kappa shape index (κ1) is 13.9. The Morgan fingerprint density at radius 1 is 1.37 bits per heavy atom. The highest BCUT2D eigenvalue weighted by atomic mass is 16.6. The molecule has 1 fully saturated rings. The molecule has 0 heterocycles. The molecule has 0 aliphatic heterocycles. The van der Waals surface area contributed by atoms with Gasteiger partial charge in [-0.05, 0) is 38.3 Å². The number of hydrogen-bond acceptors (Lipinski definition) is 3. The van der Waals surface area contributed by atoms with E-state index in [0.29, 0.717) is 5.92 Å². The van der Waals surface area contributed by atoms with E-state index in [2.05, 4.69) is 5.32 Å². The van der Waals surface area contributed by atoms with E-state index in [1.54, 1.807) is 0 Å². The summed E-state index contributed by atoms with van der Waals surface area (Å²) in [7, 11) is 0. The molecule has 19 heavy (non-hydrogen) atoms. The number of benzene rings is 1. The third kappa shape index (κ3) is 3.96. The number of hydrogen-bond donors (Lipinski definition) is 2. The van der Waals surface area contributed by atoms with Crippen LogP contribution in [0.2, 0.25) is 0 Å². The van der Waals surface area contributed by atoms with E-state index in [-0.39, 0.29) is 18.7 Å². The molecule has 1 aliphatic rings. The second kappa shape index (κ2) is 5.21. The van der Waals surface area contributed by atoms with E-state index in [1.807, 2.05) is 45.0 Å². The number of aliphatic hydroxyl groups is 1. The fourth-order valence-electron chi connectivity index (χ4n) is 2.05. The summed E-state index contributed by atoms with van der Waals surface area (Å²) in [5.74, 6) is 0.361. The first-order valence-corrected chi connectivity index (χ1v) is 6.58. The Hall–Kier alpha value is -1.55. The van der Waals surface area contributed by atoms with E-state index >= 15 is 0 Å². The predicted octanol–water partition coefficient (Wildman–Crippen LogP) is 2.56. The number of carbonyl (C=O) groups is 1. The number of rotatable bonds is 3. The molecule has 0 bridgehead atoms. The lowest BCUT2D eigenvalue weighted by Gasteiger charge is -2.19. The Morgan fingerprint density at radius 2 is 2.00 bits per heavy atom. The largest absolute Gasteiger partial charge is 0.444 e. The molecule has 2 N–H and O–H groups in total. The van der Waals surface area contributed by atoms with Crippen molar-refractivity contribution in [3.8, 4) is 0 Å². The van der Waals surface area contributed by atoms with Gasteiger partial charge >= 0.3 is 6.09 Å². The SMILES string of the molecule is CC(C)(C)OC(=O)N[C@H]1CC1c1ccc(CO)cc1. The Labute approximate surface area is 113 Å². The summed E-state index contributed by atoms with van der Waals surface area (Å²) < 4.78 is 5.23. The van der Waals surface area contributed by atoms with Gasteiger partial charge in [0.05, 0.1) is 6.61 Å². The Kier molecular flexibility index (Phi) is 3.80. The minimum absolute atomic E-state index is 0.0601. The van der Waals surface area contributed by atoms with Crippen molar-refractivity contribution in [2.45, 2.75) is 51.4 Å². The number of ether oxygens (including phenoxy) is 1. The van der Waals surface area contributed by atoms with E-state index in [4.69, 9.17) is 9.84 Å². The molecule has 1 aliphatic carbocycles. The zero-order valence-electron chi connectivity index (χ0n) is 11.6. The molecule has 1 aromatic carbocycles. The second-order valence-electron chi connectivity index (χ2n) is 5.99. The number of carbonyl (C=O) groups excluding carboxylic acids is 1. The van der Waals surface area contributed by atoms with Crippen molar-refractivity contribution in [2.75, 3.05) is 0 Å². The quantitative estimate of drug-likeness (QED) is 0.881. The summed E-state index contributed by atoms with van der Waals surface area (Å²) in [6, 6.07) is 8.01. The molecular weight excluding hydrogens is 242 g/mol. The van der Waals surface area contributed by atoms with Gasteiger partial charge < -0.3 is 15.2 Å². The van der Waals surface area contributed by atoms with Crippen molar-refractivity contribution in [3.05, 3.63) is 35.4 Å². The molecular formula is C15H21NO3. The van der Waals surface area contributed by atoms with Crippen molar-refractivity contribution in [1.29, 1.82) is 0 Å². The molecule has 2 rings (SSSR count). The van der Waals surface area contributed by atoms with Crippen molar-refractivity contribution >= 4 is 6.09 Å². The van der Waals surface area contributed by atoms with Crippen LogP contribution in [0.5, 0.6) is 0 Å². The number of amides is 1. The maximum absolute atomic E-state index is 11.6. The van der Waals surface area contributed by atoms with Crippen LogP contribution < -0.4 is 5.32 Å². The van der Waals surface area contributed by atoms with Gasteiger partial charge in [0.1, 0.15) is 5.60 Å². The monoisotopic (exact) mass is 263 g/mol. The summed E-state index contributed by atoms with van der Waals surface area (Å²) in [6.45, 7) is 5.62. The highest BCUT2D eigenvalue weighted by Crippen LogP contribution is 2.40. The van der Waals surface area contributed by atoms with Gasteiger partial charge in [-0.25, -0.2) is 4.79 Å². The summed E-state index contributed by atoms with van der Waals surface area (Å²) in [4.78, 5) is 11.6. The lowest BCUT2D eigenvalue weighted by atomic mass is 10.1. The Bertz CT molecular complexity index is 447. The molecule has 0 radical (unpaired) electrons. The molecule has 4 nitrogen and oxygen atoms in total. The molecule has 2 atom stereocenters. The van der Waals surface area contributed by atoms with Crippen LogP contribution in [-0.4, -0.2) is 22.8 Å². The van der Waals surface area contributed by atoms with Crippen molar-refractivity contribution in [3.63, 3.8) is 0 Å². The third-order valence-corrected chi connectivity index (χ3v) is 3.08. The first-order valence-electron chi connectivity index (χ1n) is 6.58. The Morgan fingerprint density at radius 3 is 2.53 bits per heavy atom. The molecule has 1 aromatic rings. The molecule has 4 heteroatoms. The average molecular weight is 263 g/mol. The normalized spacial score (nSPS) is 21.9. The van der Waals surface area contributed by atoms with Gasteiger partial charge in [-0.15, -0.1) is 0 Å². The smallest absolute Gasteiger partial charge is 0.407 e. The van der Waals surface area contributed by atoms with Gasteiger partial charge in [0.15, 0.2) is 0 Å². The van der Waals surface area contributed by atoms with Crippen LogP contribution in [0, 0.1) is 0 Å². The van der Waals surface area contributed by atoms with Crippen molar-refractivity contribution < 1.29 is 14.6 Å². The summed E-state index contributed by atoms with van der Waals surface area (Å²) in [6.07, 6.45) is 0.588. The topological polar surface area (TPSA) is 58.6 Å². The molecule has 104 valence electrons. The van der Waals surface area contributed by atoms with Crippen LogP contribution in [-0.2, 0) is 11.3 Å². The van der Waals surface area contributed by atoms with Crippen LogP contribution in [0.4, 0.5) is 4.79 Å². The number of aliphatic hydroxyl groups excluding tert-OH is 1. The number of alkyl carbamates (subject to hydrolysis) is 1. The van der Waals surface area contributed by atoms with Crippen LogP contribution in [0.25, 0.3) is 0 Å². The maximum atomic E-state index is 11.6. The van der Waals surface area contributed by atoms with Crippen molar-refractivity contribution in [2.24, 2.45) is 0 Å². The second-order valence-corrected chi connectivity index (χ2v) is 5.99. The zero-order valence-corrected chi connectivity index (χ0v) is 11.6. The summed E-state index contributed by atoms with van der Waals surface area (Å²) >= 11 is 0. The maximum Gasteiger partial charge on any atom is 0.407 e.